The molecule has 2 heterocycles. The highest BCUT2D eigenvalue weighted by Crippen LogP contribution is 2.48. The second kappa shape index (κ2) is 21.0. The lowest BCUT2D eigenvalue weighted by Crippen LogP contribution is -2.56. The summed E-state index contributed by atoms with van der Waals surface area (Å²) in [6.07, 6.45) is 3.88. The number of carbonyl (C=O) groups excluding carboxylic acids is 4. The van der Waals surface area contributed by atoms with Gasteiger partial charge < -0.3 is 25.4 Å². The lowest BCUT2D eigenvalue weighted by molar-refractivity contribution is -0.141. The van der Waals surface area contributed by atoms with Crippen LogP contribution in [0.15, 0.2) is 114 Å². The predicted octanol–water partition coefficient (Wildman–Crippen LogP) is 8.28. The molecule has 0 aliphatic carbocycles. The summed E-state index contributed by atoms with van der Waals surface area (Å²) in [6, 6.07) is 29.9. The fourth-order valence-corrected chi connectivity index (χ4v) is 9.93. The molecule has 0 spiro atoms. The van der Waals surface area contributed by atoms with E-state index in [4.69, 9.17) is 14.5 Å². The van der Waals surface area contributed by atoms with Crippen molar-refractivity contribution in [2.75, 3.05) is 18.6 Å². The Bertz CT molecular complexity index is 2020. The first-order valence-corrected chi connectivity index (χ1v) is 22.8. The number of nitrogens with one attached hydrogen (secondary N) is 3. The van der Waals surface area contributed by atoms with Crippen molar-refractivity contribution in [3.8, 4) is 0 Å². The number of hydrogen-bond donors (Lipinski definition) is 3. The third-order valence-electron chi connectivity index (χ3n) is 9.57. The van der Waals surface area contributed by atoms with Gasteiger partial charge in [0.25, 0.3) is 0 Å². The predicted molar refractivity (Wildman–Crippen MR) is 243 cm³/mol. The molecular weight excluding hydrogens is 815 g/mol. The van der Waals surface area contributed by atoms with E-state index in [1.54, 1.807) is 27.7 Å². The molecule has 318 valence electrons. The van der Waals surface area contributed by atoms with Crippen molar-refractivity contribution < 1.29 is 28.7 Å². The van der Waals surface area contributed by atoms with Crippen molar-refractivity contribution in [3.63, 3.8) is 0 Å². The number of benzene rings is 3. The Morgan fingerprint density at radius 1 is 0.900 bits per heavy atom. The Labute approximate surface area is 366 Å². The normalized spacial score (nSPS) is 16.5. The van der Waals surface area contributed by atoms with Crippen molar-refractivity contribution in [3.05, 3.63) is 136 Å². The molecule has 4 aromatic rings. The van der Waals surface area contributed by atoms with Crippen LogP contribution >= 0.6 is 34.9 Å². The number of esters is 1. The highest BCUT2D eigenvalue weighted by Gasteiger charge is 2.41. The standard InChI is InChI=1S/C46H55N5O6S3/c1-31(2)39(50-42(54)45(6)30-59-41(51-45)36-29-58-37(49-36)28-47-43(55)57-44(3,4)5)40(53)48-35(27-38(52)56-7)25-17-18-26-60-46(32-19-11-8-12-20-32,33-21-13-9-14-22-33)34-23-15-10-16-24-34/h8-17,19-25,29,31,35,39H,18,26-28,30H2,1-7H3,(H,47,55)(H,48,53)(H,50,54)/b25-17+/t35-,39?,45+/m1/s1. The lowest BCUT2D eigenvalue weighted by atomic mass is 9.84. The number of amides is 3. The largest absolute Gasteiger partial charge is 0.469 e. The molecule has 3 atom stereocenters. The fraction of sp³-hybridized carbons (Fsp3) is 0.391. The zero-order chi connectivity index (χ0) is 43.3. The number of allylic oxidation sites excluding steroid dienone is 1. The van der Waals surface area contributed by atoms with Crippen LogP contribution in [0.1, 0.15) is 81.8 Å². The molecule has 1 aliphatic heterocycles. The van der Waals surface area contributed by atoms with E-state index in [-0.39, 0.29) is 18.9 Å². The number of hydrogen-bond acceptors (Lipinski definition) is 11. The minimum Gasteiger partial charge on any atom is -0.469 e. The van der Waals surface area contributed by atoms with Gasteiger partial charge in [0.2, 0.25) is 11.8 Å². The van der Waals surface area contributed by atoms with Crippen molar-refractivity contribution in [1.29, 1.82) is 0 Å². The molecule has 1 unspecified atom stereocenters. The second-order valence-corrected chi connectivity index (χ2v) is 19.1. The van der Waals surface area contributed by atoms with Crippen LogP contribution in [0.2, 0.25) is 0 Å². The molecule has 14 heteroatoms. The minimum absolute atomic E-state index is 0.0719. The first-order valence-electron chi connectivity index (χ1n) is 19.9. The van der Waals surface area contributed by atoms with Crippen LogP contribution < -0.4 is 16.0 Å². The molecule has 11 nitrogen and oxygen atoms in total. The molecule has 1 aromatic heterocycles. The van der Waals surface area contributed by atoms with Crippen molar-refractivity contribution in [2.24, 2.45) is 10.9 Å². The monoisotopic (exact) mass is 869 g/mol. The van der Waals surface area contributed by atoms with Gasteiger partial charge >= 0.3 is 12.1 Å². The summed E-state index contributed by atoms with van der Waals surface area (Å²) in [6.45, 7) is 11.0. The van der Waals surface area contributed by atoms with Gasteiger partial charge in [-0.05, 0) is 62.5 Å². The Morgan fingerprint density at radius 3 is 2.02 bits per heavy atom. The Hall–Kier alpha value is -4.92. The molecule has 60 heavy (non-hydrogen) atoms. The molecule has 1 aliphatic rings. The van der Waals surface area contributed by atoms with Crippen LogP contribution in [0.4, 0.5) is 4.79 Å². The minimum atomic E-state index is -1.15. The maximum Gasteiger partial charge on any atom is 0.408 e. The van der Waals surface area contributed by atoms with Crippen LogP contribution in [-0.4, -0.2) is 75.7 Å². The molecule has 0 saturated carbocycles. The average Bonchev–Trinajstić information content (AvgIpc) is 3.88. The van der Waals surface area contributed by atoms with E-state index in [0.29, 0.717) is 27.9 Å². The third-order valence-corrected chi connectivity index (χ3v) is 13.3. The summed E-state index contributed by atoms with van der Waals surface area (Å²) in [5.41, 5.74) is 2.36. The molecule has 0 bridgehead atoms. The average molecular weight is 870 g/mol. The number of thioether (sulfide) groups is 2. The first-order chi connectivity index (χ1) is 28.6. The molecule has 0 fully saturated rings. The van der Waals surface area contributed by atoms with E-state index >= 15 is 0 Å². The number of alkyl carbamates (subject to hydrolysis) is 1. The number of carbonyl (C=O) groups is 4. The maximum absolute atomic E-state index is 13.9. The van der Waals surface area contributed by atoms with Crippen molar-refractivity contribution in [2.45, 2.75) is 88.9 Å². The van der Waals surface area contributed by atoms with Gasteiger partial charge in [0.1, 0.15) is 32.9 Å². The van der Waals surface area contributed by atoms with Gasteiger partial charge in [0.15, 0.2) is 0 Å². The van der Waals surface area contributed by atoms with Gasteiger partial charge in [0.05, 0.1) is 30.9 Å². The maximum atomic E-state index is 13.9. The van der Waals surface area contributed by atoms with Gasteiger partial charge in [0, 0.05) is 11.1 Å². The van der Waals surface area contributed by atoms with Crippen LogP contribution in [0.3, 0.4) is 0 Å². The fourth-order valence-electron chi connectivity index (χ4n) is 6.54. The Morgan fingerprint density at radius 2 is 1.48 bits per heavy atom. The number of aliphatic imine (C=N–C) groups is 1. The van der Waals surface area contributed by atoms with Gasteiger partial charge in [-0.1, -0.05) is 117 Å². The summed E-state index contributed by atoms with van der Waals surface area (Å²) in [4.78, 5) is 61.7. The van der Waals surface area contributed by atoms with Crippen molar-refractivity contribution in [1.82, 2.24) is 20.9 Å². The quantitative estimate of drug-likeness (QED) is 0.0389. The van der Waals surface area contributed by atoms with E-state index in [1.165, 1.54) is 46.9 Å². The van der Waals surface area contributed by atoms with E-state index in [2.05, 4.69) is 93.7 Å². The summed E-state index contributed by atoms with van der Waals surface area (Å²) in [5, 5.41) is 11.8. The molecule has 5 rings (SSSR count). The van der Waals surface area contributed by atoms with E-state index in [1.807, 2.05) is 61.3 Å². The van der Waals surface area contributed by atoms with Gasteiger partial charge in [-0.2, -0.15) is 0 Å². The zero-order valence-electron chi connectivity index (χ0n) is 35.2. The number of ether oxygens (including phenoxy) is 2. The van der Waals surface area contributed by atoms with E-state index < -0.39 is 51.8 Å². The number of methoxy groups -OCH3 is 1. The SMILES string of the molecule is COC(=O)C[C@@H](/C=C/CCSC(c1ccccc1)(c1ccccc1)c1ccccc1)NC(=O)C(NC(=O)[C@]1(C)CSC(c2csc(CNC(=O)OC(C)(C)C)n2)=N1)C(C)C. The van der Waals surface area contributed by atoms with Crippen LogP contribution in [0, 0.1) is 5.92 Å². The van der Waals surface area contributed by atoms with Gasteiger partial charge in [-0.15, -0.1) is 34.9 Å². The Kier molecular flexibility index (Phi) is 16.2. The van der Waals surface area contributed by atoms with E-state index in [9.17, 15) is 19.2 Å². The number of nitrogens with zero attached hydrogens (tertiary/aromatic N) is 2. The number of thiazole rings is 1. The lowest BCUT2D eigenvalue weighted by Gasteiger charge is -2.35. The second-order valence-electron chi connectivity index (χ2n) is 15.9. The third kappa shape index (κ3) is 12.3. The summed E-state index contributed by atoms with van der Waals surface area (Å²) in [5.74, 6) is -0.448. The first kappa shape index (κ1) is 46.2. The number of aromatic nitrogens is 1. The highest BCUT2D eigenvalue weighted by atomic mass is 32.2. The molecule has 3 aromatic carbocycles. The van der Waals surface area contributed by atoms with Crippen LogP contribution in [-0.2, 0) is 35.1 Å². The van der Waals surface area contributed by atoms with Crippen molar-refractivity contribution >= 4 is 63.8 Å². The van der Waals surface area contributed by atoms with Crippen LogP contribution in [0.5, 0.6) is 0 Å². The van der Waals surface area contributed by atoms with Crippen LogP contribution in [0.25, 0.3) is 0 Å². The smallest absolute Gasteiger partial charge is 0.408 e. The molecular formula is C46H55N5O6S3. The van der Waals surface area contributed by atoms with Gasteiger partial charge in [-0.3, -0.25) is 19.4 Å². The number of rotatable bonds is 18. The summed E-state index contributed by atoms with van der Waals surface area (Å²) < 4.78 is 9.82. The molecule has 0 saturated heterocycles. The zero-order valence-corrected chi connectivity index (χ0v) is 37.7. The topological polar surface area (TPSA) is 148 Å². The Balaban J connectivity index is 1.24. The highest BCUT2D eigenvalue weighted by molar-refractivity contribution is 8.14. The molecule has 3 N–H and O–H groups in total. The summed E-state index contributed by atoms with van der Waals surface area (Å²) >= 11 is 4.61. The molecule has 3 amide bonds. The molecule has 0 radical (unpaired) electrons. The summed E-state index contributed by atoms with van der Waals surface area (Å²) in [7, 11) is 1.32. The van der Waals surface area contributed by atoms with Gasteiger partial charge in [-0.25, -0.2) is 9.78 Å². The van der Waals surface area contributed by atoms with E-state index in [0.717, 1.165) is 5.75 Å².